The van der Waals surface area contributed by atoms with Crippen LogP contribution in [0.3, 0.4) is 0 Å². The summed E-state index contributed by atoms with van der Waals surface area (Å²) in [6.07, 6.45) is 0.738. The van der Waals surface area contributed by atoms with Crippen LogP contribution in [0.2, 0.25) is 0 Å². The van der Waals surface area contributed by atoms with Crippen molar-refractivity contribution in [2.75, 3.05) is 40.1 Å². The van der Waals surface area contributed by atoms with E-state index in [1.807, 2.05) is 6.92 Å². The average molecular weight is 231 g/mol. The highest BCUT2D eigenvalue weighted by Crippen LogP contribution is 2.15. The molecule has 1 fully saturated rings. The van der Waals surface area contributed by atoms with Crippen molar-refractivity contribution < 1.29 is 19.0 Å². The monoisotopic (exact) mass is 231 g/mol. The fraction of sp³-hybridized carbons (Fsp3) is 0.909. The molecule has 5 heteroatoms. The number of carbonyl (C=O) groups excluding carboxylic acids is 1. The Labute approximate surface area is 96.4 Å². The number of likely N-dealkylation sites (N-methyl/N-ethyl adjacent to an activating group) is 1. The zero-order valence-corrected chi connectivity index (χ0v) is 10.0. The van der Waals surface area contributed by atoms with Gasteiger partial charge in [0.2, 0.25) is 0 Å². The Kier molecular flexibility index (Phi) is 6.37. The molecule has 1 N–H and O–H groups in total. The van der Waals surface area contributed by atoms with Crippen LogP contribution in [0.4, 0.5) is 0 Å². The zero-order valence-electron chi connectivity index (χ0n) is 10.0. The second-order valence-electron chi connectivity index (χ2n) is 3.82. The van der Waals surface area contributed by atoms with Crippen molar-refractivity contribution in [1.29, 1.82) is 0 Å². The molecule has 0 aromatic heterocycles. The Morgan fingerprint density at radius 2 is 2.25 bits per heavy atom. The summed E-state index contributed by atoms with van der Waals surface area (Å²) in [5.74, 6) is -0.331. The fourth-order valence-corrected chi connectivity index (χ4v) is 1.73. The molecule has 94 valence electrons. The normalized spacial score (nSPS) is 24.6. The first-order valence-electron chi connectivity index (χ1n) is 5.76. The Morgan fingerprint density at radius 1 is 1.44 bits per heavy atom. The number of rotatable bonds is 7. The lowest BCUT2D eigenvalue weighted by Crippen LogP contribution is -2.40. The van der Waals surface area contributed by atoms with Gasteiger partial charge in [-0.3, -0.25) is 4.79 Å². The maximum absolute atomic E-state index is 11.7. The van der Waals surface area contributed by atoms with Gasteiger partial charge in [-0.25, -0.2) is 0 Å². The van der Waals surface area contributed by atoms with Gasteiger partial charge in [0.25, 0.3) is 0 Å². The summed E-state index contributed by atoms with van der Waals surface area (Å²) in [6.45, 7) is 4.93. The van der Waals surface area contributed by atoms with Crippen LogP contribution in [0.15, 0.2) is 0 Å². The maximum atomic E-state index is 11.7. The Morgan fingerprint density at radius 3 is 2.94 bits per heavy atom. The fourth-order valence-electron chi connectivity index (χ4n) is 1.73. The minimum Gasteiger partial charge on any atom is -0.465 e. The molecule has 0 aromatic carbocycles. The van der Waals surface area contributed by atoms with Crippen LogP contribution in [-0.4, -0.2) is 52.1 Å². The largest absolute Gasteiger partial charge is 0.465 e. The van der Waals surface area contributed by atoms with Crippen molar-refractivity contribution in [2.24, 2.45) is 5.92 Å². The number of methoxy groups -OCH3 is 1. The number of hydrogen-bond donors (Lipinski definition) is 1. The van der Waals surface area contributed by atoms with Crippen molar-refractivity contribution in [2.45, 2.75) is 19.4 Å². The highest BCUT2D eigenvalue weighted by molar-refractivity contribution is 5.73. The van der Waals surface area contributed by atoms with E-state index >= 15 is 0 Å². The summed E-state index contributed by atoms with van der Waals surface area (Å²) in [7, 11) is 1.63. The number of hydrogen-bond acceptors (Lipinski definition) is 5. The lowest BCUT2D eigenvalue weighted by Gasteiger charge is -2.16. The van der Waals surface area contributed by atoms with E-state index in [1.165, 1.54) is 0 Å². The van der Waals surface area contributed by atoms with E-state index in [1.54, 1.807) is 7.11 Å². The first-order valence-corrected chi connectivity index (χ1v) is 5.76. The van der Waals surface area contributed by atoms with Crippen LogP contribution >= 0.6 is 0 Å². The molecule has 0 bridgehead atoms. The molecular weight excluding hydrogens is 210 g/mol. The molecule has 1 heterocycles. The van der Waals surface area contributed by atoms with Gasteiger partial charge in [-0.1, -0.05) is 6.92 Å². The van der Waals surface area contributed by atoms with E-state index in [0.717, 1.165) is 13.0 Å². The van der Waals surface area contributed by atoms with E-state index in [4.69, 9.17) is 14.2 Å². The summed E-state index contributed by atoms with van der Waals surface area (Å²) >= 11 is 0. The first kappa shape index (κ1) is 13.4. The molecule has 0 aromatic rings. The van der Waals surface area contributed by atoms with Gasteiger partial charge in [0, 0.05) is 26.2 Å². The number of nitrogens with one attached hydrogen (secondary N) is 1. The lowest BCUT2D eigenvalue weighted by molar-refractivity contribution is -0.149. The van der Waals surface area contributed by atoms with E-state index < -0.39 is 0 Å². The first-order chi connectivity index (χ1) is 7.79. The van der Waals surface area contributed by atoms with Gasteiger partial charge in [0.15, 0.2) is 0 Å². The minimum absolute atomic E-state index is 0.0972. The van der Waals surface area contributed by atoms with Gasteiger partial charge in [-0.05, 0) is 6.54 Å². The molecule has 2 unspecified atom stereocenters. The molecule has 0 amide bonds. The number of ether oxygens (including phenoxy) is 3. The highest BCUT2D eigenvalue weighted by Gasteiger charge is 2.34. The SMILES string of the molecule is CCNC1COCC1C(=O)OCCCOC. The maximum Gasteiger partial charge on any atom is 0.312 e. The van der Waals surface area contributed by atoms with Gasteiger partial charge >= 0.3 is 5.97 Å². The summed E-state index contributed by atoms with van der Waals surface area (Å²) in [5, 5.41) is 3.23. The zero-order chi connectivity index (χ0) is 11.8. The molecule has 1 rings (SSSR count). The lowest BCUT2D eigenvalue weighted by atomic mass is 10.0. The third-order valence-corrected chi connectivity index (χ3v) is 2.59. The van der Waals surface area contributed by atoms with E-state index in [2.05, 4.69) is 5.32 Å². The van der Waals surface area contributed by atoms with Crippen LogP contribution in [0, 0.1) is 5.92 Å². The summed E-state index contributed by atoms with van der Waals surface area (Å²) in [4.78, 5) is 11.7. The third-order valence-electron chi connectivity index (χ3n) is 2.59. The second kappa shape index (κ2) is 7.60. The minimum atomic E-state index is -0.167. The van der Waals surface area contributed by atoms with Crippen molar-refractivity contribution in [3.63, 3.8) is 0 Å². The summed E-state index contributed by atoms with van der Waals surface area (Å²) < 4.78 is 15.3. The van der Waals surface area contributed by atoms with Crippen molar-refractivity contribution in [3.8, 4) is 0 Å². The van der Waals surface area contributed by atoms with Crippen LogP contribution in [-0.2, 0) is 19.0 Å². The molecular formula is C11H21NO4. The van der Waals surface area contributed by atoms with Crippen molar-refractivity contribution >= 4 is 5.97 Å². The standard InChI is InChI=1S/C11H21NO4/c1-3-12-10-8-15-7-9(10)11(13)16-6-4-5-14-2/h9-10,12H,3-8H2,1-2H3. The summed E-state index contributed by atoms with van der Waals surface area (Å²) in [6, 6.07) is 0.0972. The van der Waals surface area contributed by atoms with Gasteiger partial charge < -0.3 is 19.5 Å². The molecule has 5 nitrogen and oxygen atoms in total. The highest BCUT2D eigenvalue weighted by atomic mass is 16.5. The van der Waals surface area contributed by atoms with Crippen LogP contribution in [0.5, 0.6) is 0 Å². The molecule has 0 aliphatic carbocycles. The van der Waals surface area contributed by atoms with Crippen LogP contribution in [0.1, 0.15) is 13.3 Å². The van der Waals surface area contributed by atoms with Crippen LogP contribution < -0.4 is 5.32 Å². The van der Waals surface area contributed by atoms with Crippen molar-refractivity contribution in [3.05, 3.63) is 0 Å². The molecule has 1 aliphatic rings. The van der Waals surface area contributed by atoms with Gasteiger partial charge in [0.1, 0.15) is 0 Å². The number of carbonyl (C=O) groups is 1. The topological polar surface area (TPSA) is 56.8 Å². The Hall–Kier alpha value is -0.650. The Bertz CT molecular complexity index is 210. The van der Waals surface area contributed by atoms with E-state index in [9.17, 15) is 4.79 Å². The quantitative estimate of drug-likeness (QED) is 0.501. The smallest absolute Gasteiger partial charge is 0.312 e. The molecule has 1 saturated heterocycles. The molecule has 1 aliphatic heterocycles. The molecule has 0 saturated carbocycles. The Balaban J connectivity index is 2.23. The average Bonchev–Trinajstić information content (AvgIpc) is 2.73. The van der Waals surface area contributed by atoms with Gasteiger partial charge in [0.05, 0.1) is 25.7 Å². The molecule has 16 heavy (non-hydrogen) atoms. The van der Waals surface area contributed by atoms with Gasteiger partial charge in [-0.15, -0.1) is 0 Å². The van der Waals surface area contributed by atoms with E-state index in [-0.39, 0.29) is 17.9 Å². The van der Waals surface area contributed by atoms with E-state index in [0.29, 0.717) is 26.4 Å². The molecule has 0 spiro atoms. The summed E-state index contributed by atoms with van der Waals surface area (Å²) in [5.41, 5.74) is 0. The predicted molar refractivity (Wildman–Crippen MR) is 59.2 cm³/mol. The van der Waals surface area contributed by atoms with Crippen molar-refractivity contribution in [1.82, 2.24) is 5.32 Å². The van der Waals surface area contributed by atoms with Gasteiger partial charge in [-0.2, -0.15) is 0 Å². The molecule has 0 radical (unpaired) electrons. The van der Waals surface area contributed by atoms with Crippen LogP contribution in [0.25, 0.3) is 0 Å². The number of esters is 1. The predicted octanol–water partition coefficient (Wildman–Crippen LogP) is 0.191. The second-order valence-corrected chi connectivity index (χ2v) is 3.82. The molecule has 2 atom stereocenters. The third kappa shape index (κ3) is 4.08.